The molecule has 30 heavy (non-hydrogen) atoms. The lowest BCUT2D eigenvalue weighted by molar-refractivity contribution is 0.122. The number of nitrogens with one attached hydrogen (secondary N) is 1. The Kier molecular flexibility index (Phi) is 5.75. The third-order valence-electron chi connectivity index (χ3n) is 5.14. The van der Waals surface area contributed by atoms with Crippen LogP contribution in [0.5, 0.6) is 17.2 Å². The van der Waals surface area contributed by atoms with Crippen LogP contribution in [0.1, 0.15) is 11.3 Å². The molecule has 1 saturated heterocycles. The van der Waals surface area contributed by atoms with Gasteiger partial charge in [-0.25, -0.2) is 14.8 Å². The maximum absolute atomic E-state index is 12.9. The van der Waals surface area contributed by atoms with Crippen molar-refractivity contribution in [2.24, 2.45) is 0 Å². The van der Waals surface area contributed by atoms with Crippen LogP contribution in [0.2, 0.25) is 0 Å². The summed E-state index contributed by atoms with van der Waals surface area (Å²) in [6.07, 6.45) is 1.81. The lowest BCUT2D eigenvalue weighted by Gasteiger charge is -2.26. The molecule has 0 spiro atoms. The van der Waals surface area contributed by atoms with Crippen molar-refractivity contribution in [3.05, 3.63) is 29.6 Å². The van der Waals surface area contributed by atoms with Gasteiger partial charge in [-0.3, -0.25) is 0 Å². The van der Waals surface area contributed by atoms with Crippen LogP contribution in [0, 0.1) is 0 Å². The second-order valence-corrected chi connectivity index (χ2v) is 6.94. The number of hydrogen-bond acceptors (Lipinski definition) is 8. The number of ether oxygens (including phenoxy) is 4. The Morgan fingerprint density at radius 2 is 1.77 bits per heavy atom. The summed E-state index contributed by atoms with van der Waals surface area (Å²) >= 11 is 0. The minimum Gasteiger partial charge on any atom is -0.493 e. The number of benzene rings is 1. The van der Waals surface area contributed by atoms with Crippen molar-refractivity contribution in [1.29, 1.82) is 0 Å². The summed E-state index contributed by atoms with van der Waals surface area (Å²) in [4.78, 5) is 25.8. The number of carbonyl (C=O) groups is 1. The van der Waals surface area contributed by atoms with Gasteiger partial charge in [-0.2, -0.15) is 0 Å². The van der Waals surface area contributed by atoms with Crippen molar-refractivity contribution in [3.63, 3.8) is 0 Å². The van der Waals surface area contributed by atoms with Crippen LogP contribution < -0.4 is 24.4 Å². The molecule has 0 saturated carbocycles. The van der Waals surface area contributed by atoms with Crippen LogP contribution in [0.15, 0.2) is 18.3 Å². The SMILES string of the molecule is COc1cc(NC(=O)N2Cc3cnc(N4CCOCC4)nc3C2)cc(OC)c1OC. The molecule has 0 radical (unpaired) electrons. The Morgan fingerprint density at radius 3 is 2.40 bits per heavy atom. The van der Waals surface area contributed by atoms with Crippen molar-refractivity contribution < 1.29 is 23.7 Å². The molecule has 10 heteroatoms. The zero-order valence-corrected chi connectivity index (χ0v) is 17.3. The largest absolute Gasteiger partial charge is 0.493 e. The molecule has 2 aliphatic rings. The number of nitrogens with zero attached hydrogens (tertiary/aromatic N) is 4. The number of amides is 2. The first-order valence-corrected chi connectivity index (χ1v) is 9.66. The molecule has 2 amide bonds. The van der Waals surface area contributed by atoms with E-state index in [4.69, 9.17) is 18.9 Å². The van der Waals surface area contributed by atoms with Crippen molar-refractivity contribution in [3.8, 4) is 17.2 Å². The highest BCUT2D eigenvalue weighted by Gasteiger charge is 2.27. The molecule has 160 valence electrons. The number of fused-ring (bicyclic) bond motifs is 1. The molecule has 2 aromatic rings. The van der Waals surface area contributed by atoms with E-state index in [-0.39, 0.29) is 6.03 Å². The smallest absolute Gasteiger partial charge is 0.322 e. The monoisotopic (exact) mass is 415 g/mol. The lowest BCUT2D eigenvalue weighted by atomic mass is 10.2. The van der Waals surface area contributed by atoms with E-state index in [2.05, 4.69) is 20.2 Å². The molecule has 0 atom stereocenters. The number of methoxy groups -OCH3 is 3. The number of anilines is 2. The minimum atomic E-state index is -0.241. The zero-order chi connectivity index (χ0) is 21.1. The summed E-state index contributed by atoms with van der Waals surface area (Å²) in [6.45, 7) is 3.75. The second-order valence-electron chi connectivity index (χ2n) is 6.94. The Balaban J connectivity index is 1.47. The summed E-state index contributed by atoms with van der Waals surface area (Å²) in [5.74, 6) is 2.09. The predicted octanol–water partition coefficient (Wildman–Crippen LogP) is 1.89. The van der Waals surface area contributed by atoms with Gasteiger partial charge in [0.2, 0.25) is 11.7 Å². The van der Waals surface area contributed by atoms with Gasteiger partial charge in [0, 0.05) is 37.0 Å². The molecule has 0 bridgehead atoms. The second kappa shape index (κ2) is 8.62. The van der Waals surface area contributed by atoms with Crippen LogP contribution in [0.3, 0.4) is 0 Å². The number of carbonyl (C=O) groups excluding carboxylic acids is 1. The normalized spacial score (nSPS) is 15.6. The van der Waals surface area contributed by atoms with Gasteiger partial charge in [0.1, 0.15) is 0 Å². The van der Waals surface area contributed by atoms with Crippen LogP contribution in [0.25, 0.3) is 0 Å². The molecule has 1 aromatic carbocycles. The van der Waals surface area contributed by atoms with Gasteiger partial charge in [0.15, 0.2) is 11.5 Å². The first-order chi connectivity index (χ1) is 14.6. The average molecular weight is 415 g/mol. The third-order valence-corrected chi connectivity index (χ3v) is 5.14. The van der Waals surface area contributed by atoms with E-state index in [1.54, 1.807) is 23.2 Å². The first-order valence-electron chi connectivity index (χ1n) is 9.66. The van der Waals surface area contributed by atoms with Gasteiger partial charge >= 0.3 is 6.03 Å². The number of morpholine rings is 1. The van der Waals surface area contributed by atoms with Crippen molar-refractivity contribution in [2.45, 2.75) is 13.1 Å². The fourth-order valence-electron chi connectivity index (χ4n) is 3.56. The maximum Gasteiger partial charge on any atom is 0.322 e. The molecule has 3 heterocycles. The third kappa shape index (κ3) is 3.90. The Bertz CT molecular complexity index is 907. The summed E-state index contributed by atoms with van der Waals surface area (Å²) in [5.41, 5.74) is 2.36. The molecule has 1 aromatic heterocycles. The van der Waals surface area contributed by atoms with E-state index < -0.39 is 0 Å². The molecule has 1 N–H and O–H groups in total. The van der Waals surface area contributed by atoms with Gasteiger partial charge in [0.25, 0.3) is 0 Å². The average Bonchev–Trinajstić information content (AvgIpc) is 3.22. The summed E-state index contributed by atoms with van der Waals surface area (Å²) in [7, 11) is 4.60. The fourth-order valence-corrected chi connectivity index (χ4v) is 3.56. The van der Waals surface area contributed by atoms with Crippen LogP contribution in [0.4, 0.5) is 16.4 Å². The Labute approximate surface area is 174 Å². The quantitative estimate of drug-likeness (QED) is 0.791. The van der Waals surface area contributed by atoms with E-state index in [1.165, 1.54) is 21.3 Å². The summed E-state index contributed by atoms with van der Waals surface area (Å²) < 4.78 is 21.4. The van der Waals surface area contributed by atoms with Crippen molar-refractivity contribution >= 4 is 17.7 Å². The number of urea groups is 1. The van der Waals surface area contributed by atoms with E-state index in [1.807, 2.05) is 0 Å². The van der Waals surface area contributed by atoms with Gasteiger partial charge in [-0.15, -0.1) is 0 Å². The van der Waals surface area contributed by atoms with Gasteiger partial charge in [-0.1, -0.05) is 0 Å². The Hall–Kier alpha value is -3.27. The molecule has 0 unspecified atom stereocenters. The number of hydrogen-bond donors (Lipinski definition) is 1. The molecular formula is C20H25N5O5. The fraction of sp³-hybridized carbons (Fsp3) is 0.450. The molecule has 1 fully saturated rings. The van der Waals surface area contributed by atoms with Crippen molar-refractivity contribution in [2.75, 3.05) is 57.8 Å². The van der Waals surface area contributed by atoms with E-state index >= 15 is 0 Å². The maximum atomic E-state index is 12.9. The number of aromatic nitrogens is 2. The predicted molar refractivity (Wildman–Crippen MR) is 109 cm³/mol. The first kappa shape index (κ1) is 20.0. The highest BCUT2D eigenvalue weighted by molar-refractivity contribution is 5.90. The molecule has 0 aliphatic carbocycles. The zero-order valence-electron chi connectivity index (χ0n) is 17.3. The minimum absolute atomic E-state index is 0.241. The molecular weight excluding hydrogens is 390 g/mol. The van der Waals surface area contributed by atoms with Crippen LogP contribution in [-0.4, -0.2) is 68.5 Å². The van der Waals surface area contributed by atoms with E-state index in [9.17, 15) is 4.79 Å². The van der Waals surface area contributed by atoms with Gasteiger partial charge in [0.05, 0.1) is 59.0 Å². The standard InChI is InChI=1S/C20H25N5O5/c1-27-16-8-14(9-17(28-2)18(16)29-3)22-20(26)25-11-13-10-21-19(23-15(13)12-25)24-4-6-30-7-5-24/h8-10H,4-7,11-12H2,1-3H3,(H,22,26). The van der Waals surface area contributed by atoms with E-state index in [0.29, 0.717) is 55.2 Å². The lowest BCUT2D eigenvalue weighted by Crippen LogP contribution is -2.37. The number of rotatable bonds is 5. The van der Waals surface area contributed by atoms with E-state index in [0.717, 1.165) is 24.3 Å². The van der Waals surface area contributed by atoms with Gasteiger partial charge in [-0.05, 0) is 0 Å². The Morgan fingerprint density at radius 1 is 1.07 bits per heavy atom. The molecule has 4 rings (SSSR count). The highest BCUT2D eigenvalue weighted by Crippen LogP contribution is 2.40. The van der Waals surface area contributed by atoms with Crippen LogP contribution >= 0.6 is 0 Å². The molecule has 2 aliphatic heterocycles. The topological polar surface area (TPSA) is 98.3 Å². The van der Waals surface area contributed by atoms with Crippen molar-refractivity contribution in [1.82, 2.24) is 14.9 Å². The molecule has 10 nitrogen and oxygen atoms in total. The summed E-state index contributed by atoms with van der Waals surface area (Å²) in [6, 6.07) is 3.15. The van der Waals surface area contributed by atoms with Gasteiger partial charge < -0.3 is 34.1 Å². The van der Waals surface area contributed by atoms with Crippen LogP contribution in [-0.2, 0) is 17.8 Å². The highest BCUT2D eigenvalue weighted by atomic mass is 16.5. The summed E-state index contributed by atoms with van der Waals surface area (Å²) in [5, 5.41) is 2.89.